The van der Waals surface area contributed by atoms with Gasteiger partial charge >= 0.3 is 24.5 Å². The van der Waals surface area contributed by atoms with Crippen LogP contribution in [0.15, 0.2) is 61.2 Å². The van der Waals surface area contributed by atoms with Crippen molar-refractivity contribution in [1.82, 2.24) is 19.9 Å². The number of aryl methyl sites for hydroxylation is 1. The summed E-state index contributed by atoms with van der Waals surface area (Å²) in [4.78, 5) is 28.0. The van der Waals surface area contributed by atoms with Crippen molar-refractivity contribution in [2.45, 2.75) is 50.8 Å². The molecule has 0 saturated heterocycles. The molecule has 4 aromatic rings. The van der Waals surface area contributed by atoms with Crippen LogP contribution in [-0.4, -0.2) is 44.2 Å². The first-order valence-corrected chi connectivity index (χ1v) is 14.8. The maximum Gasteiger partial charge on any atom is 0.416 e. The van der Waals surface area contributed by atoms with Crippen molar-refractivity contribution >= 4 is 23.5 Å². The first kappa shape index (κ1) is 37.9. The number of carboxylic acid groups (broad SMARTS) is 1. The summed E-state index contributed by atoms with van der Waals surface area (Å²) in [7, 11) is 0. The monoisotopic (exact) mass is 737 g/mol. The summed E-state index contributed by atoms with van der Waals surface area (Å²) < 4.78 is 133. The Morgan fingerprint density at radius 1 is 0.800 bits per heavy atom. The summed E-state index contributed by atoms with van der Waals surface area (Å²) in [6.07, 6.45) is -11.8. The highest BCUT2D eigenvalue weighted by atomic mass is 35.5. The van der Waals surface area contributed by atoms with Gasteiger partial charge in [0, 0.05) is 31.1 Å². The molecule has 0 amide bonds. The maximum absolute atomic E-state index is 13.8. The Labute approximate surface area is 282 Å². The Hall–Kier alpha value is -4.87. The van der Waals surface area contributed by atoms with E-state index in [0.717, 1.165) is 24.5 Å². The van der Waals surface area contributed by atoms with Crippen LogP contribution >= 0.6 is 11.6 Å². The summed E-state index contributed by atoms with van der Waals surface area (Å²) in [6.45, 7) is -0.535. The van der Waals surface area contributed by atoms with E-state index in [0.29, 0.717) is 12.1 Å². The molecule has 0 unspecified atom stereocenters. The molecule has 0 fully saturated rings. The maximum atomic E-state index is 13.8. The number of aromatic nitrogens is 4. The van der Waals surface area contributed by atoms with Crippen molar-refractivity contribution in [2.75, 3.05) is 18.1 Å². The van der Waals surface area contributed by atoms with Gasteiger partial charge in [0.2, 0.25) is 11.8 Å². The molecule has 0 aliphatic heterocycles. The molecule has 0 bridgehead atoms. The van der Waals surface area contributed by atoms with Gasteiger partial charge in [-0.05, 0) is 61.2 Å². The van der Waals surface area contributed by atoms with E-state index >= 15 is 0 Å². The molecule has 9 nitrogen and oxygen atoms in total. The molecule has 2 heterocycles. The van der Waals surface area contributed by atoms with E-state index in [1.807, 2.05) is 0 Å². The van der Waals surface area contributed by atoms with Gasteiger partial charge in [-0.25, -0.2) is 19.9 Å². The predicted octanol–water partition coefficient (Wildman–Crippen LogP) is 8.65. The fraction of sp³-hybridized carbons (Fsp3) is 0.323. The number of carboxylic acids is 1. The quantitative estimate of drug-likeness (QED) is 0.0773. The number of benzene rings is 2. The number of carbonyl (C=O) groups is 1. The molecule has 1 N–H and O–H groups in total. The minimum Gasteiger partial charge on any atom is -0.490 e. The third-order valence-corrected chi connectivity index (χ3v) is 7.02. The molecule has 0 atom stereocenters. The van der Waals surface area contributed by atoms with Crippen LogP contribution in [0.25, 0.3) is 0 Å². The first-order valence-electron chi connectivity index (χ1n) is 14.4. The van der Waals surface area contributed by atoms with Crippen LogP contribution < -0.4 is 14.4 Å². The van der Waals surface area contributed by atoms with Gasteiger partial charge in [-0.1, -0.05) is 11.6 Å². The van der Waals surface area contributed by atoms with E-state index in [1.54, 1.807) is 0 Å². The summed E-state index contributed by atoms with van der Waals surface area (Å²) >= 11 is 5.88. The third-order valence-electron chi connectivity index (χ3n) is 6.81. The molecule has 19 heteroatoms. The number of ether oxygens (including phenoxy) is 2. The zero-order valence-corrected chi connectivity index (χ0v) is 26.2. The van der Waals surface area contributed by atoms with Crippen molar-refractivity contribution in [3.05, 3.63) is 94.2 Å². The van der Waals surface area contributed by atoms with E-state index < -0.39 is 41.2 Å². The second-order valence-electron chi connectivity index (χ2n) is 10.6. The number of alkyl halides is 9. The zero-order valence-electron chi connectivity index (χ0n) is 25.4. The topological polar surface area (TPSA) is 111 Å². The van der Waals surface area contributed by atoms with E-state index in [9.17, 15) is 44.3 Å². The van der Waals surface area contributed by atoms with Gasteiger partial charge in [0.25, 0.3) is 0 Å². The average molecular weight is 738 g/mol. The standard InChI is InChI=1S/C31H25ClF9N5O4/c32-25-13-26(45-17-44-25)50-24-6-5-20(29(33,34)35)11-19(24)16-46(28-42-14-23(15-43-28)49-8-2-4-27(47)48)7-1-3-18-9-21(30(36,37)38)12-22(10-18)31(39,40)41/h5-6,9-15,17H,1-4,7-8,16H2,(H,47,48). The van der Waals surface area contributed by atoms with Crippen molar-refractivity contribution in [3.63, 3.8) is 0 Å². The molecule has 0 radical (unpaired) electrons. The number of anilines is 1. The normalized spacial score (nSPS) is 12.1. The summed E-state index contributed by atoms with van der Waals surface area (Å²) in [6, 6.07) is 5.02. The lowest BCUT2D eigenvalue weighted by Crippen LogP contribution is -2.27. The number of halogens is 10. The van der Waals surface area contributed by atoms with Crippen molar-refractivity contribution in [1.29, 1.82) is 0 Å². The van der Waals surface area contributed by atoms with Gasteiger partial charge in [-0.2, -0.15) is 39.5 Å². The molecule has 268 valence electrons. The summed E-state index contributed by atoms with van der Waals surface area (Å²) in [5, 5.41) is 8.76. The minimum atomic E-state index is -5.05. The van der Waals surface area contributed by atoms with Gasteiger partial charge in [0.05, 0.1) is 35.7 Å². The minimum absolute atomic E-state index is 0.00756. The fourth-order valence-corrected chi connectivity index (χ4v) is 4.66. The second-order valence-corrected chi connectivity index (χ2v) is 11.0. The largest absolute Gasteiger partial charge is 0.490 e. The van der Waals surface area contributed by atoms with Crippen molar-refractivity contribution in [3.8, 4) is 17.4 Å². The Morgan fingerprint density at radius 3 is 2.02 bits per heavy atom. The molecule has 0 aliphatic carbocycles. The van der Waals surface area contributed by atoms with E-state index in [-0.39, 0.29) is 91.1 Å². The van der Waals surface area contributed by atoms with Gasteiger partial charge in [-0.15, -0.1) is 0 Å². The Balaban J connectivity index is 1.65. The molecule has 0 aliphatic rings. The van der Waals surface area contributed by atoms with E-state index in [4.69, 9.17) is 26.2 Å². The summed E-state index contributed by atoms with van der Waals surface area (Å²) in [5.41, 5.74) is -4.36. The van der Waals surface area contributed by atoms with Crippen LogP contribution in [0.1, 0.15) is 47.1 Å². The molecule has 2 aromatic carbocycles. The molecule has 0 saturated carbocycles. The van der Waals surface area contributed by atoms with E-state index in [1.165, 1.54) is 23.4 Å². The number of hydrogen-bond acceptors (Lipinski definition) is 8. The molecule has 50 heavy (non-hydrogen) atoms. The Kier molecular flexibility index (Phi) is 12.0. The van der Waals surface area contributed by atoms with Gasteiger partial charge in [0.1, 0.15) is 17.2 Å². The SMILES string of the molecule is O=C(O)CCCOc1cnc(N(CCCc2cc(C(F)(F)F)cc(C(F)(F)F)c2)Cc2cc(C(F)(F)F)ccc2Oc2cc(Cl)ncn2)nc1. The third kappa shape index (κ3) is 11.1. The highest BCUT2D eigenvalue weighted by Gasteiger charge is 2.37. The first-order chi connectivity index (χ1) is 23.4. The number of aliphatic carboxylic acids is 1. The van der Waals surface area contributed by atoms with Crippen LogP contribution in [0, 0.1) is 0 Å². The number of rotatable bonds is 14. The van der Waals surface area contributed by atoms with Crippen LogP contribution in [0.2, 0.25) is 5.15 Å². The highest BCUT2D eigenvalue weighted by Crippen LogP contribution is 2.37. The van der Waals surface area contributed by atoms with Crippen LogP contribution in [0.3, 0.4) is 0 Å². The zero-order chi connectivity index (χ0) is 36.7. The molecular weight excluding hydrogens is 713 g/mol. The Morgan fingerprint density at radius 2 is 1.44 bits per heavy atom. The van der Waals surface area contributed by atoms with Crippen molar-refractivity contribution in [2.24, 2.45) is 0 Å². The fourth-order valence-electron chi connectivity index (χ4n) is 4.52. The smallest absolute Gasteiger partial charge is 0.416 e. The van der Waals surface area contributed by atoms with E-state index in [2.05, 4.69) is 19.9 Å². The lowest BCUT2D eigenvalue weighted by atomic mass is 10.0. The summed E-state index contributed by atoms with van der Waals surface area (Å²) in [5.74, 6) is -1.19. The Bertz CT molecular complexity index is 1740. The van der Waals surface area contributed by atoms with Crippen LogP contribution in [0.4, 0.5) is 45.5 Å². The van der Waals surface area contributed by atoms with Crippen LogP contribution in [-0.2, 0) is 36.3 Å². The molecule has 0 spiro atoms. The van der Waals surface area contributed by atoms with Gasteiger partial charge in [0.15, 0.2) is 5.75 Å². The average Bonchev–Trinajstić information content (AvgIpc) is 3.02. The predicted molar refractivity (Wildman–Crippen MR) is 159 cm³/mol. The number of hydrogen-bond donors (Lipinski definition) is 1. The number of nitrogens with zero attached hydrogens (tertiary/aromatic N) is 5. The van der Waals surface area contributed by atoms with Gasteiger partial charge in [-0.3, -0.25) is 4.79 Å². The lowest BCUT2D eigenvalue weighted by Gasteiger charge is -2.25. The highest BCUT2D eigenvalue weighted by molar-refractivity contribution is 6.29. The second kappa shape index (κ2) is 15.8. The molecule has 2 aromatic heterocycles. The van der Waals surface area contributed by atoms with Crippen molar-refractivity contribution < 1.29 is 58.9 Å². The molecule has 4 rings (SSSR count). The van der Waals surface area contributed by atoms with Crippen LogP contribution in [0.5, 0.6) is 17.4 Å². The van der Waals surface area contributed by atoms with Gasteiger partial charge < -0.3 is 19.5 Å². The molecular formula is C31H25ClF9N5O4. The lowest BCUT2D eigenvalue weighted by molar-refractivity contribution is -0.143.